The number of allylic oxidation sites excluding steroid dienone is 4. The van der Waals surface area contributed by atoms with Crippen molar-refractivity contribution < 1.29 is 27.0 Å². The molecule has 0 radical (unpaired) electrons. The van der Waals surface area contributed by atoms with Crippen LogP contribution in [0.5, 0.6) is 0 Å². The van der Waals surface area contributed by atoms with Crippen molar-refractivity contribution in [3.05, 3.63) is 23.5 Å². The Hall–Kier alpha value is -1.04. The summed E-state index contributed by atoms with van der Waals surface area (Å²) >= 11 is 0. The monoisotopic (exact) mass is 322 g/mol. The highest BCUT2D eigenvalue weighted by Crippen LogP contribution is 2.47. The molecule has 0 saturated carbocycles. The van der Waals surface area contributed by atoms with Crippen molar-refractivity contribution in [3.8, 4) is 0 Å². The fourth-order valence-electron chi connectivity index (χ4n) is 2.70. The molecular formula is C16H22F4O2. The molecule has 1 saturated heterocycles. The smallest absolute Gasteiger partial charge is 0.369 e. The lowest BCUT2D eigenvalue weighted by Crippen LogP contribution is -2.45. The van der Waals surface area contributed by atoms with E-state index >= 15 is 0 Å². The molecule has 2 rings (SSSR count). The fourth-order valence-corrected chi connectivity index (χ4v) is 2.70. The van der Waals surface area contributed by atoms with Crippen molar-refractivity contribution in [2.45, 2.75) is 57.5 Å². The van der Waals surface area contributed by atoms with Crippen molar-refractivity contribution in [2.75, 3.05) is 13.2 Å². The summed E-state index contributed by atoms with van der Waals surface area (Å²) in [5, 5.41) is 0. The lowest BCUT2D eigenvalue weighted by Gasteiger charge is -2.33. The second-order valence-corrected chi connectivity index (χ2v) is 6.03. The van der Waals surface area contributed by atoms with Gasteiger partial charge in [0.05, 0.1) is 19.3 Å². The predicted molar refractivity (Wildman–Crippen MR) is 75.1 cm³/mol. The zero-order valence-corrected chi connectivity index (χ0v) is 12.9. The molecule has 2 aliphatic rings. The standard InChI is InChI=1S/C16H22F4O2/c1-3-4-13-7-6-12(9-21-13)10-22-14-8-5-11(2)15(17,18)16(14,19)20/h5,8,12-13H,3-4,6-7,9-10H2,1-2H3. The second-order valence-electron chi connectivity index (χ2n) is 6.03. The van der Waals surface area contributed by atoms with Crippen molar-refractivity contribution in [3.63, 3.8) is 0 Å². The first kappa shape index (κ1) is 17.3. The van der Waals surface area contributed by atoms with E-state index in [2.05, 4.69) is 6.92 Å². The van der Waals surface area contributed by atoms with Gasteiger partial charge in [-0.15, -0.1) is 0 Å². The van der Waals surface area contributed by atoms with Gasteiger partial charge in [-0.1, -0.05) is 19.4 Å². The Morgan fingerprint density at radius 2 is 1.91 bits per heavy atom. The Morgan fingerprint density at radius 1 is 1.18 bits per heavy atom. The molecule has 2 nitrogen and oxygen atoms in total. The average Bonchev–Trinajstić information content (AvgIpc) is 2.47. The summed E-state index contributed by atoms with van der Waals surface area (Å²) in [7, 11) is 0. The Bertz CT molecular complexity index is 449. The lowest BCUT2D eigenvalue weighted by atomic mass is 9.95. The number of rotatable bonds is 5. The number of alkyl halides is 4. The maximum Gasteiger partial charge on any atom is 0.369 e. The topological polar surface area (TPSA) is 18.5 Å². The van der Waals surface area contributed by atoms with Crippen LogP contribution in [0, 0.1) is 5.92 Å². The minimum absolute atomic E-state index is 0.0246. The molecule has 1 fully saturated rings. The van der Waals surface area contributed by atoms with Crippen molar-refractivity contribution >= 4 is 0 Å². The third-order valence-electron chi connectivity index (χ3n) is 4.23. The predicted octanol–water partition coefficient (Wildman–Crippen LogP) is 4.71. The lowest BCUT2D eigenvalue weighted by molar-refractivity contribution is -0.187. The highest BCUT2D eigenvalue weighted by Gasteiger charge is 2.62. The van der Waals surface area contributed by atoms with Gasteiger partial charge in [0.2, 0.25) is 0 Å². The van der Waals surface area contributed by atoms with Crippen LogP contribution in [0.15, 0.2) is 23.5 Å². The van der Waals surface area contributed by atoms with E-state index in [-0.39, 0.29) is 18.6 Å². The number of ether oxygens (including phenoxy) is 2. The van der Waals surface area contributed by atoms with Gasteiger partial charge in [0.1, 0.15) is 0 Å². The first-order valence-corrected chi connectivity index (χ1v) is 7.68. The van der Waals surface area contributed by atoms with Gasteiger partial charge in [-0.25, -0.2) is 0 Å². The average molecular weight is 322 g/mol. The Morgan fingerprint density at radius 3 is 2.50 bits per heavy atom. The van der Waals surface area contributed by atoms with Crippen LogP contribution in [-0.4, -0.2) is 31.2 Å². The molecule has 126 valence electrons. The molecule has 0 aromatic rings. The molecule has 22 heavy (non-hydrogen) atoms. The van der Waals surface area contributed by atoms with Crippen molar-refractivity contribution in [1.29, 1.82) is 0 Å². The van der Waals surface area contributed by atoms with E-state index in [0.29, 0.717) is 6.61 Å². The zero-order chi connectivity index (χ0) is 16.4. The summed E-state index contributed by atoms with van der Waals surface area (Å²) in [6.45, 7) is 3.47. The number of hydrogen-bond donors (Lipinski definition) is 0. The minimum atomic E-state index is -4.30. The summed E-state index contributed by atoms with van der Waals surface area (Å²) in [4.78, 5) is 0. The molecular weight excluding hydrogens is 300 g/mol. The molecule has 1 heterocycles. The molecule has 1 aliphatic carbocycles. The molecule has 0 amide bonds. The van der Waals surface area contributed by atoms with E-state index in [1.165, 1.54) is 0 Å². The molecule has 0 aromatic heterocycles. The third kappa shape index (κ3) is 3.31. The second kappa shape index (κ2) is 6.60. The molecule has 2 atom stereocenters. The van der Waals surface area contributed by atoms with Gasteiger partial charge >= 0.3 is 11.8 Å². The fraction of sp³-hybridized carbons (Fsp3) is 0.750. The van der Waals surface area contributed by atoms with Gasteiger partial charge in [0.15, 0.2) is 5.76 Å². The normalized spacial score (nSPS) is 30.5. The van der Waals surface area contributed by atoms with Crippen molar-refractivity contribution in [1.82, 2.24) is 0 Å². The maximum absolute atomic E-state index is 13.8. The van der Waals surface area contributed by atoms with E-state index in [1.807, 2.05) is 0 Å². The molecule has 2 unspecified atom stereocenters. The number of halogens is 4. The Balaban J connectivity index is 1.90. The summed E-state index contributed by atoms with van der Waals surface area (Å²) in [6, 6.07) is 0. The zero-order valence-electron chi connectivity index (χ0n) is 12.9. The van der Waals surface area contributed by atoms with Crippen LogP contribution in [0.1, 0.15) is 39.5 Å². The summed E-state index contributed by atoms with van der Waals surface area (Å²) in [6.07, 6.45) is 5.81. The van der Waals surface area contributed by atoms with Gasteiger partial charge in [-0.3, -0.25) is 0 Å². The minimum Gasteiger partial charge on any atom is -0.491 e. The van der Waals surface area contributed by atoms with Crippen LogP contribution in [0.4, 0.5) is 17.6 Å². The van der Waals surface area contributed by atoms with E-state index in [1.54, 1.807) is 0 Å². The van der Waals surface area contributed by atoms with Crippen LogP contribution in [0.2, 0.25) is 0 Å². The molecule has 1 aliphatic heterocycles. The van der Waals surface area contributed by atoms with E-state index in [0.717, 1.165) is 44.8 Å². The Labute approximate surface area is 128 Å². The van der Waals surface area contributed by atoms with Gasteiger partial charge < -0.3 is 9.47 Å². The van der Waals surface area contributed by atoms with Crippen LogP contribution in [0.25, 0.3) is 0 Å². The SMILES string of the molecule is CCCC1CCC(COC2=CC=C(C)C(F)(F)C2(F)F)CO1. The summed E-state index contributed by atoms with van der Waals surface area (Å²) < 4.78 is 65.4. The van der Waals surface area contributed by atoms with E-state index in [9.17, 15) is 17.6 Å². The maximum atomic E-state index is 13.8. The van der Waals surface area contributed by atoms with Gasteiger partial charge in [-0.05, 0) is 32.3 Å². The highest BCUT2D eigenvalue weighted by molar-refractivity contribution is 5.33. The van der Waals surface area contributed by atoms with Crippen LogP contribution in [-0.2, 0) is 9.47 Å². The molecule has 0 bridgehead atoms. The first-order chi connectivity index (χ1) is 10.3. The van der Waals surface area contributed by atoms with Gasteiger partial charge in [0.25, 0.3) is 0 Å². The molecule has 0 N–H and O–H groups in total. The van der Waals surface area contributed by atoms with Crippen molar-refractivity contribution in [2.24, 2.45) is 5.92 Å². The molecule has 6 heteroatoms. The highest BCUT2D eigenvalue weighted by atomic mass is 19.3. The van der Waals surface area contributed by atoms with Crippen LogP contribution < -0.4 is 0 Å². The van der Waals surface area contributed by atoms with Crippen LogP contribution in [0.3, 0.4) is 0 Å². The largest absolute Gasteiger partial charge is 0.491 e. The van der Waals surface area contributed by atoms with E-state index in [4.69, 9.17) is 9.47 Å². The Kier molecular flexibility index (Phi) is 5.20. The number of hydrogen-bond acceptors (Lipinski definition) is 2. The van der Waals surface area contributed by atoms with Crippen LogP contribution >= 0.6 is 0 Å². The first-order valence-electron chi connectivity index (χ1n) is 7.68. The summed E-state index contributed by atoms with van der Waals surface area (Å²) in [5.41, 5.74) is -0.659. The van der Waals surface area contributed by atoms with E-state index < -0.39 is 23.2 Å². The quantitative estimate of drug-likeness (QED) is 0.682. The van der Waals surface area contributed by atoms with Gasteiger partial charge in [0, 0.05) is 11.5 Å². The third-order valence-corrected chi connectivity index (χ3v) is 4.23. The summed E-state index contributed by atoms with van der Waals surface area (Å²) in [5.74, 6) is -9.50. The molecule has 0 spiro atoms. The molecule has 0 aromatic carbocycles. The van der Waals surface area contributed by atoms with Gasteiger partial charge in [-0.2, -0.15) is 17.6 Å².